The summed E-state index contributed by atoms with van der Waals surface area (Å²) >= 11 is 0. The highest BCUT2D eigenvalue weighted by molar-refractivity contribution is 5.85. The Hall–Kier alpha value is -0.730. The zero-order valence-electron chi connectivity index (χ0n) is 11.4. The lowest BCUT2D eigenvalue weighted by Gasteiger charge is -2.23. The first-order chi connectivity index (χ1) is 7.34. The Morgan fingerprint density at radius 3 is 2.29 bits per heavy atom. The summed E-state index contributed by atoms with van der Waals surface area (Å²) < 4.78 is 5.40. The molecule has 2 N–H and O–H groups in total. The smallest absolute Gasteiger partial charge is 0.122 e. The first-order valence-corrected chi connectivity index (χ1v) is 5.77. The van der Waals surface area contributed by atoms with Crippen molar-refractivity contribution in [2.45, 2.75) is 45.6 Å². The molecule has 0 saturated carbocycles. The van der Waals surface area contributed by atoms with Gasteiger partial charge in [-0.25, -0.2) is 0 Å². The van der Waals surface area contributed by atoms with Crippen molar-refractivity contribution in [3.63, 3.8) is 0 Å². The second-order valence-corrected chi connectivity index (χ2v) is 5.47. The van der Waals surface area contributed by atoms with Crippen LogP contribution < -0.4 is 10.5 Å². The van der Waals surface area contributed by atoms with E-state index in [0.29, 0.717) is 0 Å². The predicted octanol–water partition coefficient (Wildman–Crippen LogP) is 3.30. The Morgan fingerprint density at radius 1 is 1.29 bits per heavy atom. The van der Waals surface area contributed by atoms with Gasteiger partial charge in [0.15, 0.2) is 0 Å². The van der Waals surface area contributed by atoms with Gasteiger partial charge < -0.3 is 10.5 Å². The molecular formula is C14H24ClNO. The van der Waals surface area contributed by atoms with E-state index >= 15 is 0 Å². The number of rotatable bonds is 3. The standard InChI is InChI=1S/C14H23NO.ClH/c1-10(15)8-11-6-7-13(16-5)12(9-11)14(2,3)4;/h6-7,9-10H,8,15H2,1-5H3;1H. The van der Waals surface area contributed by atoms with Crippen LogP contribution in [-0.4, -0.2) is 13.2 Å². The van der Waals surface area contributed by atoms with Crippen LogP contribution >= 0.6 is 12.4 Å². The fourth-order valence-electron chi connectivity index (χ4n) is 1.84. The molecule has 0 aliphatic rings. The van der Waals surface area contributed by atoms with Gasteiger partial charge in [-0.05, 0) is 36.0 Å². The molecule has 0 amide bonds. The number of hydrogen-bond donors (Lipinski definition) is 1. The second-order valence-electron chi connectivity index (χ2n) is 5.47. The predicted molar refractivity (Wildman–Crippen MR) is 76.3 cm³/mol. The van der Waals surface area contributed by atoms with Crippen LogP contribution in [0.3, 0.4) is 0 Å². The zero-order valence-corrected chi connectivity index (χ0v) is 12.2. The van der Waals surface area contributed by atoms with E-state index in [1.807, 2.05) is 13.0 Å². The largest absolute Gasteiger partial charge is 0.496 e. The SMILES string of the molecule is COc1ccc(CC(C)N)cc1C(C)(C)C.Cl. The first kappa shape index (κ1) is 16.3. The van der Waals surface area contributed by atoms with Crippen molar-refractivity contribution in [2.24, 2.45) is 5.73 Å². The van der Waals surface area contributed by atoms with E-state index in [1.165, 1.54) is 11.1 Å². The van der Waals surface area contributed by atoms with Crippen LogP contribution in [0.5, 0.6) is 5.75 Å². The third-order valence-corrected chi connectivity index (χ3v) is 2.63. The lowest BCUT2D eigenvalue weighted by Crippen LogP contribution is -2.19. The quantitative estimate of drug-likeness (QED) is 0.902. The van der Waals surface area contributed by atoms with E-state index < -0.39 is 0 Å². The molecule has 1 aromatic rings. The summed E-state index contributed by atoms with van der Waals surface area (Å²) in [6.45, 7) is 8.61. The van der Waals surface area contributed by atoms with Crippen LogP contribution in [0.25, 0.3) is 0 Å². The summed E-state index contributed by atoms with van der Waals surface area (Å²) in [7, 11) is 1.72. The molecule has 3 heteroatoms. The van der Waals surface area contributed by atoms with E-state index in [1.54, 1.807) is 7.11 Å². The second kappa shape index (κ2) is 6.27. The highest BCUT2D eigenvalue weighted by atomic mass is 35.5. The van der Waals surface area contributed by atoms with E-state index in [0.717, 1.165) is 12.2 Å². The average molecular weight is 258 g/mol. The fourth-order valence-corrected chi connectivity index (χ4v) is 1.84. The number of ether oxygens (including phenoxy) is 1. The van der Waals surface area contributed by atoms with Crippen molar-refractivity contribution in [3.8, 4) is 5.75 Å². The Bertz CT molecular complexity index is 356. The van der Waals surface area contributed by atoms with E-state index in [-0.39, 0.29) is 23.9 Å². The number of methoxy groups -OCH3 is 1. The maximum absolute atomic E-state index is 5.82. The van der Waals surface area contributed by atoms with Crippen LogP contribution in [0.1, 0.15) is 38.8 Å². The van der Waals surface area contributed by atoms with Gasteiger partial charge >= 0.3 is 0 Å². The molecule has 0 radical (unpaired) electrons. The number of halogens is 1. The van der Waals surface area contributed by atoms with Crippen molar-refractivity contribution in [1.82, 2.24) is 0 Å². The van der Waals surface area contributed by atoms with Gasteiger partial charge in [-0.3, -0.25) is 0 Å². The van der Waals surface area contributed by atoms with Crippen molar-refractivity contribution in [3.05, 3.63) is 29.3 Å². The molecule has 1 rings (SSSR count). The molecule has 1 atom stereocenters. The van der Waals surface area contributed by atoms with Crippen LogP contribution in [0.15, 0.2) is 18.2 Å². The minimum absolute atomic E-state index is 0. The zero-order chi connectivity index (χ0) is 12.3. The minimum Gasteiger partial charge on any atom is -0.496 e. The van der Waals surface area contributed by atoms with E-state index in [2.05, 4.69) is 32.9 Å². The molecule has 0 aromatic heterocycles. The number of nitrogens with two attached hydrogens (primary N) is 1. The third kappa shape index (κ3) is 4.57. The van der Waals surface area contributed by atoms with Gasteiger partial charge in [0, 0.05) is 6.04 Å². The molecule has 0 saturated heterocycles. The highest BCUT2D eigenvalue weighted by Gasteiger charge is 2.19. The molecule has 0 aliphatic heterocycles. The van der Waals surface area contributed by atoms with E-state index in [9.17, 15) is 0 Å². The Morgan fingerprint density at radius 2 is 1.88 bits per heavy atom. The van der Waals surface area contributed by atoms with Crippen molar-refractivity contribution in [2.75, 3.05) is 7.11 Å². The lowest BCUT2D eigenvalue weighted by atomic mass is 9.85. The first-order valence-electron chi connectivity index (χ1n) is 5.77. The minimum atomic E-state index is 0. The third-order valence-electron chi connectivity index (χ3n) is 2.63. The molecule has 1 aromatic carbocycles. The topological polar surface area (TPSA) is 35.2 Å². The van der Waals surface area contributed by atoms with Crippen LogP contribution in [-0.2, 0) is 11.8 Å². The van der Waals surface area contributed by atoms with Gasteiger partial charge in [0.05, 0.1) is 7.11 Å². The van der Waals surface area contributed by atoms with E-state index in [4.69, 9.17) is 10.5 Å². The summed E-state index contributed by atoms with van der Waals surface area (Å²) in [5, 5.41) is 0. The van der Waals surface area contributed by atoms with Gasteiger partial charge in [-0.2, -0.15) is 0 Å². The lowest BCUT2D eigenvalue weighted by molar-refractivity contribution is 0.397. The molecule has 0 bridgehead atoms. The fraction of sp³-hybridized carbons (Fsp3) is 0.571. The van der Waals surface area contributed by atoms with Crippen molar-refractivity contribution in [1.29, 1.82) is 0 Å². The van der Waals surface area contributed by atoms with Gasteiger partial charge in [0.2, 0.25) is 0 Å². The van der Waals surface area contributed by atoms with Crippen molar-refractivity contribution < 1.29 is 4.74 Å². The van der Waals surface area contributed by atoms with Crippen LogP contribution in [0.4, 0.5) is 0 Å². The molecule has 0 spiro atoms. The molecular weight excluding hydrogens is 234 g/mol. The summed E-state index contributed by atoms with van der Waals surface area (Å²) in [6, 6.07) is 6.54. The van der Waals surface area contributed by atoms with Gasteiger partial charge in [0.1, 0.15) is 5.75 Å². The highest BCUT2D eigenvalue weighted by Crippen LogP contribution is 2.32. The molecule has 17 heavy (non-hydrogen) atoms. The average Bonchev–Trinajstić information content (AvgIpc) is 2.15. The molecule has 0 fully saturated rings. The summed E-state index contributed by atoms with van der Waals surface area (Å²) in [4.78, 5) is 0. The van der Waals surface area contributed by atoms with Crippen molar-refractivity contribution >= 4 is 12.4 Å². The molecule has 98 valence electrons. The Kier molecular flexibility index (Phi) is 6.00. The summed E-state index contributed by atoms with van der Waals surface area (Å²) in [6.07, 6.45) is 0.910. The molecule has 0 aliphatic carbocycles. The molecule has 1 unspecified atom stereocenters. The maximum Gasteiger partial charge on any atom is 0.122 e. The molecule has 2 nitrogen and oxygen atoms in total. The Labute approximate surface area is 111 Å². The maximum atomic E-state index is 5.82. The van der Waals surface area contributed by atoms with Crippen LogP contribution in [0.2, 0.25) is 0 Å². The summed E-state index contributed by atoms with van der Waals surface area (Å²) in [5.41, 5.74) is 8.44. The normalized spacial score (nSPS) is 12.8. The number of benzene rings is 1. The van der Waals surface area contributed by atoms with Gasteiger partial charge in [-0.15, -0.1) is 12.4 Å². The van der Waals surface area contributed by atoms with Gasteiger partial charge in [-0.1, -0.05) is 32.9 Å². The van der Waals surface area contributed by atoms with Crippen LogP contribution in [0, 0.1) is 0 Å². The summed E-state index contributed by atoms with van der Waals surface area (Å²) in [5.74, 6) is 0.959. The monoisotopic (exact) mass is 257 g/mol. The van der Waals surface area contributed by atoms with Gasteiger partial charge in [0.25, 0.3) is 0 Å². The Balaban J connectivity index is 0.00000256. The number of hydrogen-bond acceptors (Lipinski definition) is 2. The molecule has 0 heterocycles.